The number of benzene rings is 1. The molecule has 1 unspecified atom stereocenters. The molecule has 1 atom stereocenters. The molecular formula is C15H18FNS. The molecule has 18 heavy (non-hydrogen) atoms. The summed E-state index contributed by atoms with van der Waals surface area (Å²) in [7, 11) is 0. The van der Waals surface area contributed by atoms with Crippen molar-refractivity contribution in [3.8, 4) is 0 Å². The molecule has 0 aliphatic rings. The molecule has 0 saturated carbocycles. The summed E-state index contributed by atoms with van der Waals surface area (Å²) in [4.78, 5) is 2.57. The normalized spacial score (nSPS) is 12.6. The predicted octanol–water partition coefficient (Wildman–Crippen LogP) is 4.09. The van der Waals surface area contributed by atoms with Crippen molar-refractivity contribution in [1.82, 2.24) is 5.32 Å². The molecule has 0 spiro atoms. The zero-order valence-electron chi connectivity index (χ0n) is 10.7. The van der Waals surface area contributed by atoms with Crippen LogP contribution < -0.4 is 5.32 Å². The van der Waals surface area contributed by atoms with E-state index in [1.807, 2.05) is 12.1 Å². The lowest BCUT2D eigenvalue weighted by atomic mass is 10.0. The molecular weight excluding hydrogens is 245 g/mol. The number of rotatable bonds is 5. The smallest absolute Gasteiger partial charge is 0.126 e. The summed E-state index contributed by atoms with van der Waals surface area (Å²) >= 11 is 1.78. The van der Waals surface area contributed by atoms with Crippen molar-refractivity contribution in [2.45, 2.75) is 26.3 Å². The molecule has 1 aromatic carbocycles. The topological polar surface area (TPSA) is 12.0 Å². The van der Waals surface area contributed by atoms with Gasteiger partial charge in [0, 0.05) is 15.8 Å². The molecule has 1 aromatic heterocycles. The molecule has 0 saturated heterocycles. The Bertz CT molecular complexity index is 507. The molecule has 2 aromatic rings. The van der Waals surface area contributed by atoms with Gasteiger partial charge in [-0.3, -0.25) is 0 Å². The summed E-state index contributed by atoms with van der Waals surface area (Å²) in [6, 6.07) is 11.5. The summed E-state index contributed by atoms with van der Waals surface area (Å²) < 4.78 is 13.7. The molecule has 1 nitrogen and oxygen atoms in total. The second-order valence-electron chi connectivity index (χ2n) is 4.35. The van der Waals surface area contributed by atoms with Gasteiger partial charge in [-0.2, -0.15) is 0 Å². The Morgan fingerprint density at radius 1 is 1.22 bits per heavy atom. The van der Waals surface area contributed by atoms with E-state index in [2.05, 4.69) is 31.3 Å². The lowest BCUT2D eigenvalue weighted by molar-refractivity contribution is 0.534. The number of aryl methyl sites for hydroxylation is 1. The van der Waals surface area contributed by atoms with E-state index in [0.29, 0.717) is 6.42 Å². The summed E-state index contributed by atoms with van der Waals surface area (Å²) in [5.74, 6) is -0.117. The fourth-order valence-electron chi connectivity index (χ4n) is 2.04. The van der Waals surface area contributed by atoms with Gasteiger partial charge in [-0.15, -0.1) is 11.3 Å². The first-order chi connectivity index (χ1) is 8.70. The van der Waals surface area contributed by atoms with Gasteiger partial charge in [-0.1, -0.05) is 25.1 Å². The van der Waals surface area contributed by atoms with Gasteiger partial charge in [0.15, 0.2) is 0 Å². The quantitative estimate of drug-likeness (QED) is 0.856. The SMILES string of the molecule is CCNC(Cc1ccccc1F)c1ccc(C)s1. The zero-order chi connectivity index (χ0) is 13.0. The van der Waals surface area contributed by atoms with Gasteiger partial charge < -0.3 is 5.32 Å². The predicted molar refractivity (Wildman–Crippen MR) is 75.6 cm³/mol. The zero-order valence-corrected chi connectivity index (χ0v) is 11.6. The number of likely N-dealkylation sites (N-methyl/N-ethyl adjacent to an activating group) is 1. The van der Waals surface area contributed by atoms with E-state index in [1.165, 1.54) is 15.8 Å². The number of halogens is 1. The third-order valence-electron chi connectivity index (χ3n) is 2.94. The largest absolute Gasteiger partial charge is 0.309 e. The van der Waals surface area contributed by atoms with Crippen LogP contribution in [-0.2, 0) is 6.42 Å². The van der Waals surface area contributed by atoms with E-state index in [-0.39, 0.29) is 11.9 Å². The number of thiophene rings is 1. The van der Waals surface area contributed by atoms with Crippen molar-refractivity contribution in [2.24, 2.45) is 0 Å². The second-order valence-corrected chi connectivity index (χ2v) is 5.67. The molecule has 0 bridgehead atoms. The van der Waals surface area contributed by atoms with E-state index < -0.39 is 0 Å². The Labute approximate surface area is 112 Å². The lowest BCUT2D eigenvalue weighted by Gasteiger charge is -2.16. The van der Waals surface area contributed by atoms with Gasteiger partial charge in [0.1, 0.15) is 5.82 Å². The van der Waals surface area contributed by atoms with Crippen molar-refractivity contribution in [1.29, 1.82) is 0 Å². The van der Waals surface area contributed by atoms with E-state index in [1.54, 1.807) is 17.4 Å². The maximum absolute atomic E-state index is 13.7. The van der Waals surface area contributed by atoms with E-state index in [4.69, 9.17) is 0 Å². The molecule has 3 heteroatoms. The average molecular weight is 263 g/mol. The Morgan fingerprint density at radius 3 is 2.61 bits per heavy atom. The van der Waals surface area contributed by atoms with Crippen LogP contribution in [0.5, 0.6) is 0 Å². The monoisotopic (exact) mass is 263 g/mol. The van der Waals surface area contributed by atoms with Gasteiger partial charge in [-0.25, -0.2) is 4.39 Å². The van der Waals surface area contributed by atoms with Gasteiger partial charge in [-0.05, 0) is 43.7 Å². The third kappa shape index (κ3) is 3.18. The first-order valence-corrected chi connectivity index (χ1v) is 7.05. The molecule has 0 aliphatic heterocycles. The van der Waals surface area contributed by atoms with Crippen LogP contribution in [0.2, 0.25) is 0 Å². The van der Waals surface area contributed by atoms with Crippen LogP contribution in [0.15, 0.2) is 36.4 Å². The molecule has 0 amide bonds. The van der Waals surface area contributed by atoms with Crippen molar-refractivity contribution in [3.63, 3.8) is 0 Å². The minimum Gasteiger partial charge on any atom is -0.309 e. The summed E-state index contributed by atoms with van der Waals surface area (Å²) in [6.45, 7) is 5.06. The van der Waals surface area contributed by atoms with Crippen molar-refractivity contribution in [3.05, 3.63) is 57.5 Å². The fourth-order valence-corrected chi connectivity index (χ4v) is 3.00. The Kier molecular flexibility index (Phi) is 4.50. The first kappa shape index (κ1) is 13.2. The van der Waals surface area contributed by atoms with E-state index in [9.17, 15) is 4.39 Å². The van der Waals surface area contributed by atoms with Gasteiger partial charge >= 0.3 is 0 Å². The molecule has 1 heterocycles. The standard InChI is InChI=1S/C15H18FNS/c1-3-17-14(15-9-8-11(2)18-15)10-12-6-4-5-7-13(12)16/h4-9,14,17H,3,10H2,1-2H3. The number of hydrogen-bond acceptors (Lipinski definition) is 2. The van der Waals surface area contributed by atoms with Crippen LogP contribution in [0.4, 0.5) is 4.39 Å². The minimum absolute atomic E-state index is 0.117. The molecule has 0 radical (unpaired) electrons. The summed E-state index contributed by atoms with van der Waals surface area (Å²) in [6.07, 6.45) is 0.695. The van der Waals surface area contributed by atoms with Crippen LogP contribution >= 0.6 is 11.3 Å². The molecule has 0 fully saturated rings. The van der Waals surface area contributed by atoms with Crippen molar-refractivity contribution < 1.29 is 4.39 Å². The summed E-state index contributed by atoms with van der Waals surface area (Å²) in [5.41, 5.74) is 0.773. The molecule has 0 aliphatic carbocycles. The highest BCUT2D eigenvalue weighted by molar-refractivity contribution is 7.12. The van der Waals surface area contributed by atoms with Crippen molar-refractivity contribution in [2.75, 3.05) is 6.54 Å². The minimum atomic E-state index is -0.117. The molecule has 2 rings (SSSR count). The maximum atomic E-state index is 13.7. The van der Waals surface area contributed by atoms with Crippen LogP contribution in [-0.4, -0.2) is 6.54 Å². The van der Waals surface area contributed by atoms with Crippen LogP contribution in [0.3, 0.4) is 0 Å². The molecule has 96 valence electrons. The Balaban J connectivity index is 2.19. The third-order valence-corrected chi connectivity index (χ3v) is 4.05. The first-order valence-electron chi connectivity index (χ1n) is 6.24. The second kappa shape index (κ2) is 6.12. The fraction of sp³-hybridized carbons (Fsp3) is 0.333. The number of hydrogen-bond donors (Lipinski definition) is 1. The average Bonchev–Trinajstić information content (AvgIpc) is 2.78. The Morgan fingerprint density at radius 2 is 2.00 bits per heavy atom. The van der Waals surface area contributed by atoms with Crippen LogP contribution in [0.1, 0.15) is 28.3 Å². The highest BCUT2D eigenvalue weighted by Gasteiger charge is 2.14. The number of nitrogens with one attached hydrogen (secondary N) is 1. The van der Waals surface area contributed by atoms with E-state index in [0.717, 1.165) is 12.1 Å². The molecule has 1 N–H and O–H groups in total. The summed E-state index contributed by atoms with van der Waals surface area (Å²) in [5, 5.41) is 3.43. The maximum Gasteiger partial charge on any atom is 0.126 e. The van der Waals surface area contributed by atoms with Gasteiger partial charge in [0.05, 0.1) is 0 Å². The van der Waals surface area contributed by atoms with Crippen molar-refractivity contribution >= 4 is 11.3 Å². The van der Waals surface area contributed by atoms with E-state index >= 15 is 0 Å². The van der Waals surface area contributed by atoms with Crippen LogP contribution in [0.25, 0.3) is 0 Å². The highest BCUT2D eigenvalue weighted by atomic mass is 32.1. The van der Waals surface area contributed by atoms with Gasteiger partial charge in [0.25, 0.3) is 0 Å². The van der Waals surface area contributed by atoms with Gasteiger partial charge in [0.2, 0.25) is 0 Å². The Hall–Kier alpha value is -1.19. The highest BCUT2D eigenvalue weighted by Crippen LogP contribution is 2.26. The van der Waals surface area contributed by atoms with Crippen LogP contribution in [0, 0.1) is 12.7 Å². The lowest BCUT2D eigenvalue weighted by Crippen LogP contribution is -2.22.